The van der Waals surface area contributed by atoms with Gasteiger partial charge < -0.3 is 9.30 Å². The van der Waals surface area contributed by atoms with Crippen LogP contribution < -0.4 is 0 Å². The minimum atomic E-state index is 0.146. The maximum absolute atomic E-state index is 5.55. The number of aromatic nitrogens is 3. The van der Waals surface area contributed by atoms with Gasteiger partial charge in [-0.15, -0.1) is 0 Å². The predicted molar refractivity (Wildman–Crippen MR) is 51.0 cm³/mol. The van der Waals surface area contributed by atoms with Crippen molar-refractivity contribution in [2.45, 2.75) is 32.4 Å². The lowest BCUT2D eigenvalue weighted by Gasteiger charge is -2.08. The quantitative estimate of drug-likeness (QED) is 0.739. The topological polar surface area (TPSA) is 42.8 Å². The van der Waals surface area contributed by atoms with E-state index in [-0.39, 0.29) is 6.10 Å². The zero-order chi connectivity index (χ0) is 9.26. The Hall–Kier alpha value is -0.680. The first kappa shape index (κ1) is 8.90. The largest absolute Gasteiger partial charge is 0.370 e. The van der Waals surface area contributed by atoms with Crippen molar-refractivity contribution in [1.82, 2.24) is 14.8 Å². The molecule has 0 amide bonds. The number of H-pyrrole nitrogens is 1. The number of nitrogens with zero attached hydrogens (tertiary/aromatic N) is 2. The van der Waals surface area contributed by atoms with Crippen molar-refractivity contribution in [3.8, 4) is 0 Å². The average Bonchev–Trinajstić information content (AvgIpc) is 2.71. The van der Waals surface area contributed by atoms with Crippen LogP contribution in [0.2, 0.25) is 0 Å². The Morgan fingerprint density at radius 1 is 1.77 bits per heavy atom. The fourth-order valence-electron chi connectivity index (χ4n) is 1.66. The molecule has 1 aliphatic rings. The molecule has 1 aromatic heterocycles. The van der Waals surface area contributed by atoms with Crippen LogP contribution in [0.1, 0.15) is 31.7 Å². The summed E-state index contributed by atoms with van der Waals surface area (Å²) in [7, 11) is 0. The molecule has 1 unspecified atom stereocenters. The van der Waals surface area contributed by atoms with Gasteiger partial charge in [0.2, 0.25) is 0 Å². The Bertz CT molecular complexity index is 337. The summed E-state index contributed by atoms with van der Waals surface area (Å²) in [4.78, 5) is 0. The molecule has 0 spiro atoms. The summed E-state index contributed by atoms with van der Waals surface area (Å²) in [5, 5.41) is 6.99. The van der Waals surface area contributed by atoms with Crippen molar-refractivity contribution in [1.29, 1.82) is 0 Å². The molecule has 2 rings (SSSR count). The fraction of sp³-hybridized carbons (Fsp3) is 0.750. The van der Waals surface area contributed by atoms with Gasteiger partial charge in [-0.05, 0) is 32.0 Å². The summed E-state index contributed by atoms with van der Waals surface area (Å²) in [6, 6.07) is 0. The van der Waals surface area contributed by atoms with Crippen LogP contribution in [-0.2, 0) is 11.3 Å². The molecule has 1 saturated heterocycles. The smallest absolute Gasteiger partial charge is 0.195 e. The predicted octanol–water partition coefficient (Wildman–Crippen LogP) is 1.81. The Morgan fingerprint density at radius 2 is 2.62 bits per heavy atom. The van der Waals surface area contributed by atoms with Gasteiger partial charge in [-0.25, -0.2) is 0 Å². The summed E-state index contributed by atoms with van der Waals surface area (Å²) in [5.74, 6) is 0.949. The van der Waals surface area contributed by atoms with Crippen molar-refractivity contribution in [2.75, 3.05) is 6.61 Å². The molecular weight excluding hydrogens is 186 g/mol. The molecule has 1 N–H and O–H groups in total. The van der Waals surface area contributed by atoms with E-state index in [1.165, 1.54) is 0 Å². The molecule has 0 saturated carbocycles. The van der Waals surface area contributed by atoms with Gasteiger partial charge in [0.25, 0.3) is 0 Å². The third-order valence-corrected chi connectivity index (χ3v) is 2.63. The van der Waals surface area contributed by atoms with Gasteiger partial charge in [0, 0.05) is 13.2 Å². The molecule has 72 valence electrons. The standard InChI is InChI=1S/C8H13N3OS/c1-2-11-7(9-10-8(11)13)6-4-3-5-12-6/h6H,2-5H2,1H3,(H,10,13). The Labute approximate surface area is 81.9 Å². The highest BCUT2D eigenvalue weighted by Gasteiger charge is 2.22. The van der Waals surface area contributed by atoms with E-state index in [9.17, 15) is 0 Å². The van der Waals surface area contributed by atoms with Gasteiger partial charge >= 0.3 is 0 Å². The van der Waals surface area contributed by atoms with Crippen LogP contribution in [0.25, 0.3) is 0 Å². The first-order valence-corrected chi connectivity index (χ1v) is 5.00. The van der Waals surface area contributed by atoms with Crippen molar-refractivity contribution >= 4 is 12.2 Å². The lowest BCUT2D eigenvalue weighted by molar-refractivity contribution is 0.102. The molecule has 0 bridgehead atoms. The van der Waals surface area contributed by atoms with Crippen molar-refractivity contribution in [3.63, 3.8) is 0 Å². The maximum Gasteiger partial charge on any atom is 0.195 e. The van der Waals surface area contributed by atoms with Gasteiger partial charge in [0.15, 0.2) is 10.6 Å². The van der Waals surface area contributed by atoms with E-state index in [0.717, 1.165) is 31.8 Å². The zero-order valence-corrected chi connectivity index (χ0v) is 8.43. The third-order valence-electron chi connectivity index (χ3n) is 2.32. The number of rotatable bonds is 2. The molecule has 0 radical (unpaired) electrons. The van der Waals surface area contributed by atoms with Gasteiger partial charge in [0.1, 0.15) is 6.10 Å². The average molecular weight is 199 g/mol. The number of aromatic amines is 1. The first-order chi connectivity index (χ1) is 6.33. The summed E-state index contributed by atoms with van der Waals surface area (Å²) < 4.78 is 8.22. The highest BCUT2D eigenvalue weighted by Crippen LogP contribution is 2.26. The second-order valence-corrected chi connectivity index (χ2v) is 3.52. The van der Waals surface area contributed by atoms with Crippen LogP contribution in [0.5, 0.6) is 0 Å². The molecule has 1 aliphatic heterocycles. The molecular formula is C8H13N3OS. The van der Waals surface area contributed by atoms with Crippen molar-refractivity contribution < 1.29 is 4.74 Å². The van der Waals surface area contributed by atoms with E-state index in [1.54, 1.807) is 0 Å². The van der Waals surface area contributed by atoms with E-state index in [4.69, 9.17) is 17.0 Å². The summed E-state index contributed by atoms with van der Waals surface area (Å²) in [6.07, 6.45) is 2.32. The van der Waals surface area contributed by atoms with Crippen LogP contribution in [0.3, 0.4) is 0 Å². The molecule has 1 atom stereocenters. The van der Waals surface area contributed by atoms with E-state index in [1.807, 2.05) is 4.57 Å². The third kappa shape index (κ3) is 1.53. The van der Waals surface area contributed by atoms with E-state index >= 15 is 0 Å². The molecule has 0 aromatic carbocycles. The molecule has 1 fully saturated rings. The summed E-state index contributed by atoms with van der Waals surface area (Å²) in [6.45, 7) is 3.75. The lowest BCUT2D eigenvalue weighted by Crippen LogP contribution is -2.07. The molecule has 4 nitrogen and oxygen atoms in total. The highest BCUT2D eigenvalue weighted by atomic mass is 32.1. The van der Waals surface area contributed by atoms with Gasteiger partial charge in [-0.2, -0.15) is 5.10 Å². The zero-order valence-electron chi connectivity index (χ0n) is 7.62. The minimum absolute atomic E-state index is 0.146. The van der Waals surface area contributed by atoms with Crippen LogP contribution in [-0.4, -0.2) is 21.4 Å². The van der Waals surface area contributed by atoms with Crippen LogP contribution >= 0.6 is 12.2 Å². The SMILES string of the molecule is CCn1c(C2CCCO2)n[nH]c1=S. The Balaban J connectivity index is 2.33. The van der Waals surface area contributed by atoms with E-state index in [2.05, 4.69) is 17.1 Å². The van der Waals surface area contributed by atoms with Crippen LogP contribution in [0.15, 0.2) is 0 Å². The monoisotopic (exact) mass is 199 g/mol. The Kier molecular flexibility index (Phi) is 2.46. The Morgan fingerprint density at radius 3 is 3.23 bits per heavy atom. The minimum Gasteiger partial charge on any atom is -0.370 e. The molecule has 5 heteroatoms. The van der Waals surface area contributed by atoms with Crippen molar-refractivity contribution in [3.05, 3.63) is 10.6 Å². The van der Waals surface area contributed by atoms with Crippen molar-refractivity contribution in [2.24, 2.45) is 0 Å². The van der Waals surface area contributed by atoms with Gasteiger partial charge in [0.05, 0.1) is 0 Å². The molecule has 0 aliphatic carbocycles. The van der Waals surface area contributed by atoms with Gasteiger partial charge in [-0.3, -0.25) is 5.10 Å². The van der Waals surface area contributed by atoms with E-state index < -0.39 is 0 Å². The number of hydrogen-bond donors (Lipinski definition) is 1. The first-order valence-electron chi connectivity index (χ1n) is 4.59. The van der Waals surface area contributed by atoms with Crippen LogP contribution in [0, 0.1) is 4.77 Å². The number of ether oxygens (including phenoxy) is 1. The molecule has 1 aromatic rings. The second-order valence-electron chi connectivity index (χ2n) is 3.13. The highest BCUT2D eigenvalue weighted by molar-refractivity contribution is 7.71. The normalized spacial score (nSPS) is 22.4. The number of nitrogens with one attached hydrogen (secondary N) is 1. The maximum atomic E-state index is 5.55. The number of hydrogen-bond acceptors (Lipinski definition) is 3. The van der Waals surface area contributed by atoms with E-state index in [0.29, 0.717) is 4.77 Å². The summed E-state index contributed by atoms with van der Waals surface area (Å²) >= 11 is 5.10. The van der Waals surface area contributed by atoms with Gasteiger partial charge in [-0.1, -0.05) is 0 Å². The molecule has 13 heavy (non-hydrogen) atoms. The van der Waals surface area contributed by atoms with Crippen LogP contribution in [0.4, 0.5) is 0 Å². The second kappa shape index (κ2) is 3.59. The lowest BCUT2D eigenvalue weighted by atomic mass is 10.2. The summed E-state index contributed by atoms with van der Waals surface area (Å²) in [5.41, 5.74) is 0. The molecule has 2 heterocycles. The fourth-order valence-corrected chi connectivity index (χ4v) is 1.93.